The summed E-state index contributed by atoms with van der Waals surface area (Å²) in [5.41, 5.74) is -0.277. The van der Waals surface area contributed by atoms with E-state index in [0.29, 0.717) is 5.13 Å². The maximum absolute atomic E-state index is 11.6. The molecule has 0 spiro atoms. The average Bonchev–Trinajstić information content (AvgIpc) is 2.59. The number of nitrogens with zero attached hydrogens (tertiary/aromatic N) is 2. The second-order valence-electron chi connectivity index (χ2n) is 6.32. The first kappa shape index (κ1) is 14.9. The molecular formula is C12H22N4OS. The van der Waals surface area contributed by atoms with Crippen LogP contribution in [-0.2, 0) is 10.2 Å². The van der Waals surface area contributed by atoms with Crippen molar-refractivity contribution in [2.24, 2.45) is 0 Å². The number of rotatable bonds is 3. The number of hydrogen-bond donors (Lipinski definition) is 2. The maximum Gasteiger partial charge on any atom is 0.239 e. The molecule has 0 unspecified atom stereocenters. The smallest absolute Gasteiger partial charge is 0.239 e. The summed E-state index contributed by atoms with van der Waals surface area (Å²) < 4.78 is 4.28. The summed E-state index contributed by atoms with van der Waals surface area (Å²) in [4.78, 5) is 16.0. The van der Waals surface area contributed by atoms with E-state index in [9.17, 15) is 4.79 Å². The minimum atomic E-state index is -0.212. The second kappa shape index (κ2) is 5.22. The van der Waals surface area contributed by atoms with Gasteiger partial charge in [-0.1, -0.05) is 20.8 Å². The molecule has 1 heterocycles. The Morgan fingerprint density at radius 3 is 2.28 bits per heavy atom. The zero-order valence-corrected chi connectivity index (χ0v) is 12.7. The topological polar surface area (TPSA) is 66.9 Å². The molecule has 0 aliphatic rings. The van der Waals surface area contributed by atoms with Gasteiger partial charge in [0.1, 0.15) is 5.82 Å². The Morgan fingerprint density at radius 2 is 1.83 bits per heavy atom. The minimum absolute atomic E-state index is 0.0463. The summed E-state index contributed by atoms with van der Waals surface area (Å²) in [6.07, 6.45) is 0. The molecule has 6 heteroatoms. The summed E-state index contributed by atoms with van der Waals surface area (Å²) in [5.74, 6) is 0.751. The number of hydrogen-bond acceptors (Lipinski definition) is 5. The lowest BCUT2D eigenvalue weighted by Crippen LogP contribution is -2.43. The lowest BCUT2D eigenvalue weighted by molar-refractivity contribution is -0.120. The van der Waals surface area contributed by atoms with E-state index in [4.69, 9.17) is 0 Å². The zero-order valence-electron chi connectivity index (χ0n) is 11.9. The van der Waals surface area contributed by atoms with Crippen LogP contribution < -0.4 is 10.6 Å². The van der Waals surface area contributed by atoms with E-state index in [-0.39, 0.29) is 23.4 Å². The van der Waals surface area contributed by atoms with Crippen molar-refractivity contribution in [1.29, 1.82) is 0 Å². The largest absolute Gasteiger partial charge is 0.351 e. The number of carbonyl (C=O) groups excluding carboxylic acids is 1. The third-order valence-corrected chi connectivity index (χ3v) is 2.68. The molecule has 0 bridgehead atoms. The highest BCUT2D eigenvalue weighted by molar-refractivity contribution is 7.09. The quantitative estimate of drug-likeness (QED) is 0.883. The molecule has 0 saturated carbocycles. The van der Waals surface area contributed by atoms with Crippen molar-refractivity contribution in [1.82, 2.24) is 14.7 Å². The fourth-order valence-electron chi connectivity index (χ4n) is 1.22. The third kappa shape index (κ3) is 5.00. The first-order valence-corrected chi connectivity index (χ1v) is 6.74. The Morgan fingerprint density at radius 1 is 1.22 bits per heavy atom. The van der Waals surface area contributed by atoms with E-state index < -0.39 is 0 Å². The van der Waals surface area contributed by atoms with Gasteiger partial charge in [-0.25, -0.2) is 4.98 Å². The van der Waals surface area contributed by atoms with Crippen molar-refractivity contribution in [3.63, 3.8) is 0 Å². The molecule has 0 saturated heterocycles. The molecule has 0 atom stereocenters. The van der Waals surface area contributed by atoms with Gasteiger partial charge in [-0.15, -0.1) is 0 Å². The molecule has 1 amide bonds. The van der Waals surface area contributed by atoms with Crippen LogP contribution >= 0.6 is 11.5 Å². The third-order valence-electron chi connectivity index (χ3n) is 2.01. The molecule has 0 aliphatic carbocycles. The number of carbonyl (C=O) groups is 1. The summed E-state index contributed by atoms with van der Waals surface area (Å²) in [6.45, 7) is 12.3. The van der Waals surface area contributed by atoms with Gasteiger partial charge in [-0.2, -0.15) is 4.37 Å². The van der Waals surface area contributed by atoms with E-state index >= 15 is 0 Å². The number of anilines is 1. The summed E-state index contributed by atoms with van der Waals surface area (Å²) >= 11 is 1.28. The van der Waals surface area contributed by atoms with E-state index in [2.05, 4.69) is 40.8 Å². The molecule has 1 rings (SSSR count). The first-order chi connectivity index (χ1) is 8.08. The van der Waals surface area contributed by atoms with Crippen LogP contribution in [0.2, 0.25) is 0 Å². The van der Waals surface area contributed by atoms with Crippen molar-refractivity contribution < 1.29 is 4.79 Å². The highest BCUT2D eigenvalue weighted by Crippen LogP contribution is 2.22. The molecule has 0 aliphatic heterocycles. The predicted octanol–water partition coefficient (Wildman–Crippen LogP) is 2.16. The zero-order chi connectivity index (χ0) is 14.0. The van der Waals surface area contributed by atoms with Gasteiger partial charge in [0.15, 0.2) is 0 Å². The van der Waals surface area contributed by atoms with Gasteiger partial charge in [0.2, 0.25) is 11.0 Å². The molecule has 0 fully saturated rings. The highest BCUT2D eigenvalue weighted by atomic mass is 32.1. The molecule has 18 heavy (non-hydrogen) atoms. The fourth-order valence-corrected chi connectivity index (χ4v) is 1.97. The van der Waals surface area contributed by atoms with Crippen molar-refractivity contribution >= 4 is 22.6 Å². The van der Waals surface area contributed by atoms with Crippen LogP contribution in [0.5, 0.6) is 0 Å². The van der Waals surface area contributed by atoms with E-state index in [1.807, 2.05) is 20.8 Å². The minimum Gasteiger partial charge on any atom is -0.351 e. The SMILES string of the molecule is CC(C)(C)NC(=O)CNc1nc(C(C)(C)C)ns1. The van der Waals surface area contributed by atoms with Crippen LogP contribution in [0.3, 0.4) is 0 Å². The number of nitrogens with one attached hydrogen (secondary N) is 2. The Bertz CT molecular complexity index is 414. The molecule has 0 aromatic carbocycles. The van der Waals surface area contributed by atoms with Gasteiger partial charge in [0, 0.05) is 22.5 Å². The molecule has 0 radical (unpaired) electrons. The molecule has 102 valence electrons. The van der Waals surface area contributed by atoms with Crippen molar-refractivity contribution in [2.45, 2.75) is 52.5 Å². The highest BCUT2D eigenvalue weighted by Gasteiger charge is 2.20. The number of amides is 1. The van der Waals surface area contributed by atoms with Crippen LogP contribution in [0.15, 0.2) is 0 Å². The maximum atomic E-state index is 11.6. The molecular weight excluding hydrogens is 248 g/mol. The normalized spacial score (nSPS) is 12.3. The fraction of sp³-hybridized carbons (Fsp3) is 0.750. The molecule has 2 N–H and O–H groups in total. The monoisotopic (exact) mass is 270 g/mol. The van der Waals surface area contributed by atoms with Gasteiger partial charge >= 0.3 is 0 Å². The van der Waals surface area contributed by atoms with E-state index in [0.717, 1.165) is 5.82 Å². The van der Waals surface area contributed by atoms with Crippen LogP contribution in [0.25, 0.3) is 0 Å². The van der Waals surface area contributed by atoms with Gasteiger partial charge in [-0.05, 0) is 20.8 Å². The Kier molecular flexibility index (Phi) is 4.32. The average molecular weight is 270 g/mol. The van der Waals surface area contributed by atoms with E-state index in [1.54, 1.807) is 0 Å². The van der Waals surface area contributed by atoms with Crippen LogP contribution in [0.1, 0.15) is 47.4 Å². The molecule has 1 aromatic heterocycles. The van der Waals surface area contributed by atoms with Crippen LogP contribution in [-0.4, -0.2) is 27.3 Å². The Labute approximate surface area is 113 Å². The predicted molar refractivity (Wildman–Crippen MR) is 75.0 cm³/mol. The van der Waals surface area contributed by atoms with Crippen molar-refractivity contribution in [3.8, 4) is 0 Å². The first-order valence-electron chi connectivity index (χ1n) is 5.97. The standard InChI is InChI=1S/C12H22N4OS/c1-11(2,3)9-14-10(18-16-9)13-7-8(17)15-12(4,5)6/h7H2,1-6H3,(H,15,17)(H,13,14,16). The van der Waals surface area contributed by atoms with Gasteiger partial charge in [0.25, 0.3) is 0 Å². The molecule has 1 aromatic rings. The van der Waals surface area contributed by atoms with Gasteiger partial charge in [0.05, 0.1) is 6.54 Å². The lowest BCUT2D eigenvalue weighted by atomic mass is 9.96. The lowest BCUT2D eigenvalue weighted by Gasteiger charge is -2.20. The van der Waals surface area contributed by atoms with Crippen molar-refractivity contribution in [3.05, 3.63) is 5.82 Å². The van der Waals surface area contributed by atoms with Gasteiger partial charge in [-0.3, -0.25) is 4.79 Å². The summed E-state index contributed by atoms with van der Waals surface area (Å²) in [7, 11) is 0. The summed E-state index contributed by atoms with van der Waals surface area (Å²) in [5, 5.41) is 6.56. The van der Waals surface area contributed by atoms with E-state index in [1.165, 1.54) is 11.5 Å². The number of aromatic nitrogens is 2. The van der Waals surface area contributed by atoms with Crippen LogP contribution in [0.4, 0.5) is 5.13 Å². The van der Waals surface area contributed by atoms with Crippen molar-refractivity contribution in [2.75, 3.05) is 11.9 Å². The van der Waals surface area contributed by atoms with Gasteiger partial charge < -0.3 is 10.6 Å². The van der Waals surface area contributed by atoms with Crippen LogP contribution in [0, 0.1) is 0 Å². The Balaban J connectivity index is 2.50. The second-order valence-corrected chi connectivity index (χ2v) is 7.08. The Hall–Kier alpha value is -1.17. The molecule has 5 nitrogen and oxygen atoms in total. The summed E-state index contributed by atoms with van der Waals surface area (Å²) in [6, 6.07) is 0.